The first kappa shape index (κ1) is 20.5. The van der Waals surface area contributed by atoms with Crippen molar-refractivity contribution in [2.24, 2.45) is 5.92 Å². The average Bonchev–Trinajstić information content (AvgIpc) is 3.33. The van der Waals surface area contributed by atoms with Crippen molar-refractivity contribution < 1.29 is 4.79 Å². The summed E-state index contributed by atoms with van der Waals surface area (Å²) < 4.78 is 0. The van der Waals surface area contributed by atoms with E-state index in [-0.39, 0.29) is 5.91 Å². The van der Waals surface area contributed by atoms with Crippen LogP contribution in [0.3, 0.4) is 0 Å². The van der Waals surface area contributed by atoms with E-state index < -0.39 is 0 Å². The highest BCUT2D eigenvalue weighted by Gasteiger charge is 2.40. The van der Waals surface area contributed by atoms with Crippen molar-refractivity contribution in [2.75, 3.05) is 23.3 Å². The van der Waals surface area contributed by atoms with Gasteiger partial charge in [0.1, 0.15) is 0 Å². The van der Waals surface area contributed by atoms with Gasteiger partial charge in [0, 0.05) is 29.9 Å². The van der Waals surface area contributed by atoms with Gasteiger partial charge < -0.3 is 15.5 Å². The zero-order valence-corrected chi connectivity index (χ0v) is 19.2. The van der Waals surface area contributed by atoms with Crippen molar-refractivity contribution in [3.63, 3.8) is 0 Å². The molecule has 0 bridgehead atoms. The molecule has 3 atom stereocenters. The van der Waals surface area contributed by atoms with Crippen molar-refractivity contribution in [1.82, 2.24) is 5.32 Å². The summed E-state index contributed by atoms with van der Waals surface area (Å²) in [4.78, 5) is 15.3. The average molecular weight is 438 g/mol. The molecule has 1 amide bonds. The van der Waals surface area contributed by atoms with Gasteiger partial charge in [0.05, 0.1) is 12.5 Å². The summed E-state index contributed by atoms with van der Waals surface area (Å²) in [5.74, 6) is 0.707. The van der Waals surface area contributed by atoms with Crippen LogP contribution < -0.4 is 15.5 Å². The molecule has 33 heavy (non-hydrogen) atoms. The number of fused-ring (bicyclic) bond motifs is 4. The minimum atomic E-state index is 0.194. The van der Waals surface area contributed by atoms with Gasteiger partial charge in [-0.05, 0) is 67.1 Å². The molecule has 3 aliphatic heterocycles. The zero-order chi connectivity index (χ0) is 22.4. The quantitative estimate of drug-likeness (QED) is 0.582. The third kappa shape index (κ3) is 3.72. The Morgan fingerprint density at radius 3 is 2.85 bits per heavy atom. The van der Waals surface area contributed by atoms with E-state index in [1.54, 1.807) is 0 Å². The molecule has 3 aromatic carbocycles. The van der Waals surface area contributed by atoms with E-state index in [0.29, 0.717) is 24.4 Å². The molecule has 3 aliphatic rings. The molecule has 6 rings (SSSR count). The van der Waals surface area contributed by atoms with Crippen LogP contribution in [0, 0.1) is 12.8 Å². The van der Waals surface area contributed by atoms with Crippen LogP contribution in [0.5, 0.6) is 0 Å². The fraction of sp³-hybridized carbons (Fsp3) is 0.345. The maximum Gasteiger partial charge on any atom is 0.231 e. The number of nitrogens with one attached hydrogen (secondary N) is 2. The summed E-state index contributed by atoms with van der Waals surface area (Å²) in [6.07, 6.45) is 3.69. The van der Waals surface area contributed by atoms with Crippen LogP contribution in [0.1, 0.15) is 52.7 Å². The molecular weight excluding hydrogens is 406 g/mol. The Morgan fingerprint density at radius 2 is 1.94 bits per heavy atom. The number of carbonyl (C=O) groups excluding carboxylic acids is 1. The van der Waals surface area contributed by atoms with E-state index >= 15 is 0 Å². The minimum Gasteiger partial charge on any atom is -0.378 e. The van der Waals surface area contributed by atoms with Crippen LogP contribution >= 0.6 is 0 Å². The van der Waals surface area contributed by atoms with Gasteiger partial charge in [0.2, 0.25) is 5.91 Å². The van der Waals surface area contributed by atoms with E-state index in [9.17, 15) is 4.79 Å². The molecule has 0 saturated carbocycles. The number of carbonyl (C=O) groups is 1. The monoisotopic (exact) mass is 437 g/mol. The van der Waals surface area contributed by atoms with Gasteiger partial charge in [-0.15, -0.1) is 0 Å². The summed E-state index contributed by atoms with van der Waals surface area (Å²) in [7, 11) is 0. The van der Waals surface area contributed by atoms with E-state index in [1.807, 2.05) is 11.0 Å². The first-order valence-corrected chi connectivity index (χ1v) is 12.2. The van der Waals surface area contributed by atoms with Gasteiger partial charge in [-0.25, -0.2) is 0 Å². The Labute approximate surface area is 196 Å². The van der Waals surface area contributed by atoms with Gasteiger partial charge in [-0.3, -0.25) is 4.79 Å². The molecular formula is C29H31N3O. The minimum absolute atomic E-state index is 0.194. The first-order valence-electron chi connectivity index (χ1n) is 12.2. The number of benzene rings is 3. The van der Waals surface area contributed by atoms with Crippen molar-refractivity contribution in [3.05, 3.63) is 94.5 Å². The molecule has 2 N–H and O–H groups in total. The second-order valence-corrected chi connectivity index (χ2v) is 9.80. The van der Waals surface area contributed by atoms with Crippen molar-refractivity contribution in [3.8, 4) is 0 Å². The highest BCUT2D eigenvalue weighted by Crippen LogP contribution is 2.47. The van der Waals surface area contributed by atoms with E-state index in [1.165, 1.54) is 27.9 Å². The number of hydrogen-bond donors (Lipinski definition) is 2. The molecule has 0 aliphatic carbocycles. The summed E-state index contributed by atoms with van der Waals surface area (Å²) in [6.45, 7) is 4.01. The lowest BCUT2D eigenvalue weighted by Crippen LogP contribution is -2.36. The summed E-state index contributed by atoms with van der Waals surface area (Å²) in [6, 6.07) is 24.4. The zero-order valence-electron chi connectivity index (χ0n) is 19.2. The van der Waals surface area contributed by atoms with Crippen LogP contribution in [0.2, 0.25) is 0 Å². The van der Waals surface area contributed by atoms with Gasteiger partial charge in [0.15, 0.2) is 0 Å². The van der Waals surface area contributed by atoms with E-state index in [2.05, 4.69) is 78.2 Å². The second-order valence-electron chi connectivity index (χ2n) is 9.80. The smallest absolute Gasteiger partial charge is 0.231 e. The summed E-state index contributed by atoms with van der Waals surface area (Å²) in [5, 5.41) is 7.58. The Morgan fingerprint density at radius 1 is 1.03 bits per heavy atom. The molecule has 4 nitrogen and oxygen atoms in total. The second kappa shape index (κ2) is 8.35. The molecule has 3 aromatic rings. The van der Waals surface area contributed by atoms with Crippen LogP contribution in [0.4, 0.5) is 11.4 Å². The highest BCUT2D eigenvalue weighted by atomic mass is 16.2. The number of hydrogen-bond acceptors (Lipinski definition) is 3. The fourth-order valence-electron chi connectivity index (χ4n) is 6.07. The third-order valence-corrected chi connectivity index (χ3v) is 7.63. The van der Waals surface area contributed by atoms with Crippen LogP contribution in [-0.2, 0) is 17.6 Å². The Kier molecular flexibility index (Phi) is 5.18. The molecule has 1 saturated heterocycles. The van der Waals surface area contributed by atoms with Gasteiger partial charge in [-0.1, -0.05) is 60.2 Å². The molecule has 3 heterocycles. The normalized spacial score (nSPS) is 23.3. The van der Waals surface area contributed by atoms with Gasteiger partial charge >= 0.3 is 0 Å². The summed E-state index contributed by atoms with van der Waals surface area (Å²) >= 11 is 0. The molecule has 0 aromatic heterocycles. The predicted octanol–water partition coefficient (Wildman–Crippen LogP) is 5.33. The maximum absolute atomic E-state index is 13.3. The number of amides is 1. The fourth-order valence-corrected chi connectivity index (χ4v) is 6.07. The summed E-state index contributed by atoms with van der Waals surface area (Å²) in [5.41, 5.74) is 8.64. The van der Waals surface area contributed by atoms with Crippen LogP contribution in [0.25, 0.3) is 0 Å². The van der Waals surface area contributed by atoms with Crippen molar-refractivity contribution in [2.45, 2.75) is 44.7 Å². The number of nitrogens with zero attached hydrogens (tertiary/aromatic N) is 1. The molecule has 0 unspecified atom stereocenters. The Bertz CT molecular complexity index is 1200. The number of para-hydroxylation sites is 1. The predicted molar refractivity (Wildman–Crippen MR) is 134 cm³/mol. The van der Waals surface area contributed by atoms with Crippen molar-refractivity contribution >= 4 is 17.3 Å². The third-order valence-electron chi connectivity index (χ3n) is 7.63. The SMILES string of the molecule is Cc1cccc([C@H]2Nc3ccc(CC(=O)N4CCCc5ccccc54)cc3[C@@H]3NCC[C@H]23)c1. The van der Waals surface area contributed by atoms with Crippen LogP contribution in [0.15, 0.2) is 66.7 Å². The molecule has 0 radical (unpaired) electrons. The lowest BCUT2D eigenvalue weighted by atomic mass is 9.79. The number of rotatable bonds is 3. The standard InChI is InChI=1S/C29H31N3O/c1-19-6-4-8-22(16-19)28-23-13-14-30-29(23)24-17-20(11-12-25(24)31-28)18-27(33)32-15-5-9-21-7-2-3-10-26(21)32/h2-4,6-8,10-12,16-17,23,28-31H,5,9,13-15,18H2,1H3/t23-,28-,29-/m1/s1. The topological polar surface area (TPSA) is 44.4 Å². The van der Waals surface area contributed by atoms with E-state index in [0.717, 1.165) is 43.6 Å². The largest absolute Gasteiger partial charge is 0.378 e. The van der Waals surface area contributed by atoms with Crippen molar-refractivity contribution in [1.29, 1.82) is 0 Å². The molecule has 0 spiro atoms. The van der Waals surface area contributed by atoms with E-state index in [4.69, 9.17) is 0 Å². The maximum atomic E-state index is 13.3. The van der Waals surface area contributed by atoms with Gasteiger partial charge in [-0.2, -0.15) is 0 Å². The highest BCUT2D eigenvalue weighted by molar-refractivity contribution is 5.96. The number of anilines is 2. The van der Waals surface area contributed by atoms with Crippen LogP contribution in [-0.4, -0.2) is 19.0 Å². The molecule has 1 fully saturated rings. The first-order chi connectivity index (χ1) is 16.2. The van der Waals surface area contributed by atoms with Gasteiger partial charge in [0.25, 0.3) is 0 Å². The Hall–Kier alpha value is -3.11. The Balaban J connectivity index is 1.27. The lowest BCUT2D eigenvalue weighted by molar-refractivity contribution is -0.118. The molecule has 168 valence electrons. The molecule has 4 heteroatoms. The lowest BCUT2D eigenvalue weighted by Gasteiger charge is -2.37. The number of aryl methyl sites for hydroxylation is 2.